The topological polar surface area (TPSA) is 94.5 Å². The summed E-state index contributed by atoms with van der Waals surface area (Å²) >= 11 is 0. The van der Waals surface area contributed by atoms with Crippen LogP contribution in [0.3, 0.4) is 0 Å². The molecule has 0 bridgehead atoms. The SMILES string of the molecule is CC[C@@H](C)c1cc(C(=O)N2C[C@H](OC)C[C@@H]2c2nc(C)no2)on1. The Morgan fingerprint density at radius 1 is 1.46 bits per heavy atom. The molecule has 1 amide bonds. The van der Waals surface area contributed by atoms with Gasteiger partial charge in [0.15, 0.2) is 5.82 Å². The minimum absolute atomic E-state index is 0.0805. The molecule has 1 aliphatic heterocycles. The van der Waals surface area contributed by atoms with Gasteiger partial charge in [0.05, 0.1) is 11.8 Å². The van der Waals surface area contributed by atoms with Crippen molar-refractivity contribution in [1.29, 1.82) is 0 Å². The van der Waals surface area contributed by atoms with E-state index < -0.39 is 0 Å². The summed E-state index contributed by atoms with van der Waals surface area (Å²) in [6.45, 7) is 6.31. The van der Waals surface area contributed by atoms with E-state index in [0.29, 0.717) is 24.7 Å². The van der Waals surface area contributed by atoms with Gasteiger partial charge >= 0.3 is 0 Å². The number of carbonyl (C=O) groups excluding carboxylic acids is 1. The molecular formula is C16H22N4O4. The first-order valence-corrected chi connectivity index (χ1v) is 8.14. The molecule has 2 aromatic rings. The zero-order valence-electron chi connectivity index (χ0n) is 14.4. The van der Waals surface area contributed by atoms with E-state index >= 15 is 0 Å². The summed E-state index contributed by atoms with van der Waals surface area (Å²) in [5, 5.41) is 7.83. The van der Waals surface area contributed by atoms with Gasteiger partial charge in [0, 0.05) is 32.1 Å². The predicted molar refractivity (Wildman–Crippen MR) is 83.4 cm³/mol. The molecule has 8 nitrogen and oxygen atoms in total. The smallest absolute Gasteiger partial charge is 0.293 e. The third-order valence-electron chi connectivity index (χ3n) is 4.54. The number of rotatable bonds is 5. The first-order valence-electron chi connectivity index (χ1n) is 8.14. The summed E-state index contributed by atoms with van der Waals surface area (Å²) in [6, 6.07) is 1.40. The van der Waals surface area contributed by atoms with Gasteiger partial charge in [-0.15, -0.1) is 0 Å². The third kappa shape index (κ3) is 3.06. The summed E-state index contributed by atoms with van der Waals surface area (Å²) in [5.41, 5.74) is 0.786. The number of ether oxygens (including phenoxy) is 1. The number of carbonyl (C=O) groups is 1. The summed E-state index contributed by atoms with van der Waals surface area (Å²) in [6.07, 6.45) is 1.46. The summed E-state index contributed by atoms with van der Waals surface area (Å²) in [5.74, 6) is 1.19. The van der Waals surface area contributed by atoms with Crippen molar-refractivity contribution in [3.63, 3.8) is 0 Å². The molecule has 0 spiro atoms. The number of amides is 1. The van der Waals surface area contributed by atoms with Crippen LogP contribution in [-0.4, -0.2) is 45.9 Å². The molecule has 0 radical (unpaired) electrons. The molecule has 0 saturated carbocycles. The highest BCUT2D eigenvalue weighted by Gasteiger charge is 2.41. The number of hydrogen-bond donors (Lipinski definition) is 0. The summed E-state index contributed by atoms with van der Waals surface area (Å²) in [7, 11) is 1.63. The van der Waals surface area contributed by atoms with E-state index in [1.807, 2.05) is 6.92 Å². The average molecular weight is 334 g/mol. The maximum atomic E-state index is 12.9. The zero-order valence-corrected chi connectivity index (χ0v) is 14.4. The Kier molecular flexibility index (Phi) is 4.66. The fourth-order valence-corrected chi connectivity index (χ4v) is 2.85. The maximum absolute atomic E-state index is 12.9. The van der Waals surface area contributed by atoms with Crippen LogP contribution in [0.15, 0.2) is 15.1 Å². The molecule has 1 fully saturated rings. The van der Waals surface area contributed by atoms with Crippen molar-refractivity contribution in [2.45, 2.75) is 51.7 Å². The van der Waals surface area contributed by atoms with Crippen LogP contribution in [-0.2, 0) is 4.74 Å². The van der Waals surface area contributed by atoms with Gasteiger partial charge in [-0.05, 0) is 13.3 Å². The monoisotopic (exact) mass is 334 g/mol. The number of hydrogen-bond acceptors (Lipinski definition) is 7. The number of nitrogens with zero attached hydrogens (tertiary/aromatic N) is 4. The van der Waals surface area contributed by atoms with Crippen molar-refractivity contribution >= 4 is 5.91 Å². The molecular weight excluding hydrogens is 312 g/mol. The second-order valence-corrected chi connectivity index (χ2v) is 6.17. The van der Waals surface area contributed by atoms with Crippen molar-refractivity contribution < 1.29 is 18.6 Å². The van der Waals surface area contributed by atoms with Gasteiger partial charge in [-0.2, -0.15) is 4.98 Å². The quantitative estimate of drug-likeness (QED) is 0.829. The Morgan fingerprint density at radius 2 is 2.25 bits per heavy atom. The van der Waals surface area contributed by atoms with E-state index in [-0.39, 0.29) is 29.7 Å². The molecule has 1 saturated heterocycles. The van der Waals surface area contributed by atoms with Crippen LogP contribution >= 0.6 is 0 Å². The second kappa shape index (κ2) is 6.72. The fourth-order valence-electron chi connectivity index (χ4n) is 2.85. The normalized spacial score (nSPS) is 22.1. The molecule has 24 heavy (non-hydrogen) atoms. The van der Waals surface area contributed by atoms with Gasteiger partial charge in [0.1, 0.15) is 6.04 Å². The van der Waals surface area contributed by atoms with Crippen molar-refractivity contribution in [2.75, 3.05) is 13.7 Å². The minimum Gasteiger partial charge on any atom is -0.380 e. The Labute approximate surface area is 140 Å². The van der Waals surface area contributed by atoms with E-state index in [0.717, 1.165) is 12.1 Å². The number of methoxy groups -OCH3 is 1. The largest absolute Gasteiger partial charge is 0.380 e. The summed E-state index contributed by atoms with van der Waals surface area (Å²) in [4.78, 5) is 18.8. The van der Waals surface area contributed by atoms with Crippen molar-refractivity contribution in [1.82, 2.24) is 20.2 Å². The first-order chi connectivity index (χ1) is 11.5. The van der Waals surface area contributed by atoms with Crippen molar-refractivity contribution in [3.8, 4) is 0 Å². The Morgan fingerprint density at radius 3 is 2.88 bits per heavy atom. The Balaban J connectivity index is 1.84. The van der Waals surface area contributed by atoms with Gasteiger partial charge in [-0.3, -0.25) is 4.79 Å². The number of aryl methyl sites for hydroxylation is 1. The van der Waals surface area contributed by atoms with Crippen LogP contribution in [0.25, 0.3) is 0 Å². The molecule has 3 atom stereocenters. The second-order valence-electron chi connectivity index (χ2n) is 6.17. The highest BCUT2D eigenvalue weighted by atomic mass is 16.5. The molecule has 0 aromatic carbocycles. The predicted octanol–water partition coefficient (Wildman–Crippen LogP) is 2.48. The van der Waals surface area contributed by atoms with Gasteiger partial charge in [-0.1, -0.05) is 24.2 Å². The van der Waals surface area contributed by atoms with E-state index in [1.165, 1.54) is 0 Å². The van der Waals surface area contributed by atoms with Crippen LogP contribution < -0.4 is 0 Å². The van der Waals surface area contributed by atoms with Gasteiger partial charge in [0.25, 0.3) is 5.91 Å². The van der Waals surface area contributed by atoms with Crippen LogP contribution in [0.4, 0.5) is 0 Å². The van der Waals surface area contributed by atoms with Crippen LogP contribution in [0, 0.1) is 6.92 Å². The lowest BCUT2D eigenvalue weighted by Gasteiger charge is -2.19. The third-order valence-corrected chi connectivity index (χ3v) is 4.54. The molecule has 3 rings (SSSR count). The van der Waals surface area contributed by atoms with Crippen LogP contribution in [0.5, 0.6) is 0 Å². The zero-order chi connectivity index (χ0) is 17.3. The first kappa shape index (κ1) is 16.6. The molecule has 8 heteroatoms. The highest BCUT2D eigenvalue weighted by molar-refractivity contribution is 5.92. The van der Waals surface area contributed by atoms with Crippen molar-refractivity contribution in [3.05, 3.63) is 29.2 Å². The fraction of sp³-hybridized carbons (Fsp3) is 0.625. The minimum atomic E-state index is -0.319. The van der Waals surface area contributed by atoms with Crippen LogP contribution in [0.2, 0.25) is 0 Å². The lowest BCUT2D eigenvalue weighted by Crippen LogP contribution is -2.32. The molecule has 0 N–H and O–H groups in total. The highest BCUT2D eigenvalue weighted by Crippen LogP contribution is 2.34. The maximum Gasteiger partial charge on any atom is 0.293 e. The van der Waals surface area contributed by atoms with Gasteiger partial charge in [-0.25, -0.2) is 0 Å². The van der Waals surface area contributed by atoms with E-state index in [9.17, 15) is 4.79 Å². The molecule has 0 aliphatic carbocycles. The Hall–Kier alpha value is -2.22. The average Bonchev–Trinajstić information content (AvgIpc) is 3.31. The number of likely N-dealkylation sites (tertiary alicyclic amines) is 1. The molecule has 3 heterocycles. The number of aromatic nitrogens is 3. The van der Waals surface area contributed by atoms with E-state index in [2.05, 4.69) is 22.2 Å². The lowest BCUT2D eigenvalue weighted by molar-refractivity contribution is 0.0631. The standard InChI is InChI=1S/C16H22N4O4/c1-5-9(2)12-7-14(23-19-12)16(21)20-8-11(22-4)6-13(20)15-17-10(3)18-24-15/h7,9,11,13H,5-6,8H2,1-4H3/t9-,11-,13-/m1/s1. The summed E-state index contributed by atoms with van der Waals surface area (Å²) < 4.78 is 15.9. The molecule has 0 unspecified atom stereocenters. The molecule has 2 aromatic heterocycles. The van der Waals surface area contributed by atoms with E-state index in [1.54, 1.807) is 25.0 Å². The van der Waals surface area contributed by atoms with Gasteiger partial charge in [0.2, 0.25) is 11.7 Å². The van der Waals surface area contributed by atoms with E-state index in [4.69, 9.17) is 13.8 Å². The molecule has 130 valence electrons. The van der Waals surface area contributed by atoms with Crippen molar-refractivity contribution in [2.24, 2.45) is 0 Å². The van der Waals surface area contributed by atoms with Crippen LogP contribution in [0.1, 0.15) is 66.6 Å². The van der Waals surface area contributed by atoms with Gasteiger partial charge < -0.3 is 18.7 Å². The molecule has 1 aliphatic rings. The lowest BCUT2D eigenvalue weighted by atomic mass is 10.1. The Bertz CT molecular complexity index is 711.